The molecule has 1 unspecified atom stereocenters. The Morgan fingerprint density at radius 1 is 1.04 bits per heavy atom. The van der Waals surface area contributed by atoms with Crippen LogP contribution >= 0.6 is 0 Å². The van der Waals surface area contributed by atoms with Gasteiger partial charge in [-0.1, -0.05) is 45.1 Å². The number of nitrogens with zero attached hydrogens (tertiary/aromatic N) is 1. The van der Waals surface area contributed by atoms with E-state index < -0.39 is 110 Å². The predicted molar refractivity (Wildman–Crippen MR) is 200 cm³/mol. The van der Waals surface area contributed by atoms with Crippen LogP contribution in [0.5, 0.6) is 0 Å². The Bertz CT molecular complexity index is 1270. The van der Waals surface area contributed by atoms with Gasteiger partial charge in [0, 0.05) is 32.8 Å². The maximum Gasteiger partial charge on any atom is 0.308 e. The van der Waals surface area contributed by atoms with Gasteiger partial charge in [-0.2, -0.15) is 0 Å². The molecule has 0 radical (unpaired) electrons. The van der Waals surface area contributed by atoms with E-state index in [9.17, 15) is 34.8 Å². The zero-order valence-corrected chi connectivity index (χ0v) is 34.2. The third-order valence-electron chi connectivity index (χ3n) is 10.6. The Hall–Kier alpha value is -2.31. The number of hydrogen-bond acceptors (Lipinski definition) is 15. The minimum absolute atomic E-state index is 0.0318. The highest BCUT2D eigenvalue weighted by molar-refractivity contribution is 5.70. The van der Waals surface area contributed by atoms with Crippen molar-refractivity contribution in [3.63, 3.8) is 0 Å². The summed E-state index contributed by atoms with van der Waals surface area (Å²) in [4.78, 5) is 39.3. The minimum Gasteiger partial charge on any atom is -0.462 e. The number of aliphatic hydroxyl groups is 4. The van der Waals surface area contributed by atoms with E-state index in [4.69, 9.17) is 33.2 Å². The zero-order valence-electron chi connectivity index (χ0n) is 34.2. The molecular formula is C40H67NO14. The van der Waals surface area contributed by atoms with E-state index in [0.717, 1.165) is 6.29 Å². The highest BCUT2D eigenvalue weighted by atomic mass is 16.7. The number of rotatable bonds is 11. The molecule has 316 valence electrons. The summed E-state index contributed by atoms with van der Waals surface area (Å²) in [6.07, 6.45) is -3.92. The normalized spacial score (nSPS) is 42.4. The molecule has 2 saturated heterocycles. The number of methoxy groups -OCH3 is 1. The number of likely N-dealkylation sites (N-methyl/N-ethyl adjacent to an activating group) is 1. The number of ether oxygens (including phenoxy) is 7. The first-order valence-corrected chi connectivity index (χ1v) is 19.5. The molecule has 0 spiro atoms. The molecule has 3 aliphatic rings. The van der Waals surface area contributed by atoms with Crippen LogP contribution < -0.4 is 0 Å². The Kier molecular flexibility index (Phi) is 18.4. The maximum atomic E-state index is 12.9. The van der Waals surface area contributed by atoms with Gasteiger partial charge in [-0.25, -0.2) is 0 Å². The molecule has 3 heterocycles. The Morgan fingerprint density at radius 2 is 1.73 bits per heavy atom. The summed E-state index contributed by atoms with van der Waals surface area (Å²) in [7, 11) is 4.86. The lowest BCUT2D eigenvalue weighted by atomic mass is 9.82. The lowest BCUT2D eigenvalue weighted by Crippen LogP contribution is -2.66. The Labute approximate surface area is 326 Å². The van der Waals surface area contributed by atoms with Crippen molar-refractivity contribution in [2.45, 2.75) is 172 Å². The molecule has 0 aromatic rings. The van der Waals surface area contributed by atoms with Gasteiger partial charge in [0.05, 0.1) is 43.0 Å². The van der Waals surface area contributed by atoms with Crippen LogP contribution in [0.25, 0.3) is 0 Å². The molecule has 55 heavy (non-hydrogen) atoms. The number of allylic oxidation sites excluding steroid dienone is 2. The van der Waals surface area contributed by atoms with E-state index in [-0.39, 0.29) is 37.5 Å². The van der Waals surface area contributed by atoms with Gasteiger partial charge in [0.15, 0.2) is 18.7 Å². The Balaban J connectivity index is 1.90. The van der Waals surface area contributed by atoms with Gasteiger partial charge >= 0.3 is 11.9 Å². The molecule has 0 saturated carbocycles. The van der Waals surface area contributed by atoms with Gasteiger partial charge in [-0.3, -0.25) is 9.59 Å². The maximum absolute atomic E-state index is 12.9. The van der Waals surface area contributed by atoms with Crippen molar-refractivity contribution in [1.82, 2.24) is 4.90 Å². The topological polar surface area (TPSA) is 200 Å². The van der Waals surface area contributed by atoms with Crippen molar-refractivity contribution in [3.8, 4) is 0 Å². The molecule has 0 amide bonds. The standard InChI is InChI=1S/C40H67NO14/c1-22(2)18-30(45)53-38-26(6)51-32(21-40(38,7)48)54-35-25(5)52-39(34(47)33(35)41(8)9)55-36-27(16-17-42)19-23(3)28(43)15-13-11-12-14-24(4)50-31(46)20-29(44)37(36)49-10/h11-13,15,17,22-29,32-39,43-44,47-48H,14,16,18-21H2,1-10H3/b12-11+,15-13+/t23-,24-,25-,26+,27+,28+,29-,32+,33-,34-,35-,36+,37?,38+,39+,40-/m1/s1. The van der Waals surface area contributed by atoms with Crippen molar-refractivity contribution < 1.29 is 68.0 Å². The van der Waals surface area contributed by atoms with Crippen LogP contribution in [0.3, 0.4) is 0 Å². The minimum atomic E-state index is -1.49. The third-order valence-corrected chi connectivity index (χ3v) is 10.6. The first-order chi connectivity index (χ1) is 25.8. The number of aliphatic hydroxyl groups excluding tert-OH is 3. The lowest BCUT2D eigenvalue weighted by Gasteiger charge is -2.50. The van der Waals surface area contributed by atoms with Gasteiger partial charge in [0.1, 0.15) is 36.3 Å². The second kappa shape index (κ2) is 21.4. The summed E-state index contributed by atoms with van der Waals surface area (Å²) < 4.78 is 42.4. The number of carbonyl (C=O) groups is 3. The quantitative estimate of drug-likeness (QED) is 0.176. The van der Waals surface area contributed by atoms with Crippen LogP contribution in [-0.4, -0.2) is 150 Å². The monoisotopic (exact) mass is 785 g/mol. The van der Waals surface area contributed by atoms with Crippen LogP contribution in [0.2, 0.25) is 0 Å². The second-order valence-corrected chi connectivity index (χ2v) is 16.4. The van der Waals surface area contributed by atoms with E-state index in [1.807, 2.05) is 26.8 Å². The van der Waals surface area contributed by atoms with Gasteiger partial charge in [-0.15, -0.1) is 0 Å². The fourth-order valence-corrected chi connectivity index (χ4v) is 7.78. The van der Waals surface area contributed by atoms with Gasteiger partial charge in [0.25, 0.3) is 0 Å². The van der Waals surface area contributed by atoms with Gasteiger partial charge in [-0.05, 0) is 66.0 Å². The van der Waals surface area contributed by atoms with Gasteiger partial charge < -0.3 is 63.3 Å². The van der Waals surface area contributed by atoms with Crippen LogP contribution in [0, 0.1) is 17.8 Å². The molecule has 3 aliphatic heterocycles. The fourth-order valence-electron chi connectivity index (χ4n) is 7.78. The van der Waals surface area contributed by atoms with E-state index >= 15 is 0 Å². The van der Waals surface area contributed by atoms with Crippen molar-refractivity contribution >= 4 is 18.2 Å². The average molecular weight is 786 g/mol. The first-order valence-electron chi connectivity index (χ1n) is 19.5. The molecule has 3 rings (SSSR count). The SMILES string of the molecule is COC1[C@H](O)CC(=O)O[C@H](C)C/C=C/C=C/[C@H](O)[C@H](C)C[C@H](CC=O)[C@@H]1O[C@@H]1O[C@H](C)[C@@H](O[C@H]2C[C@@](C)(O)[C@@H](OC(=O)CC(C)C)[C@H](C)O2)[C@H](N(C)C)[C@H]1O. The van der Waals surface area contributed by atoms with Gasteiger partial charge in [0.2, 0.25) is 0 Å². The molecule has 0 aromatic heterocycles. The predicted octanol–water partition coefficient (Wildman–Crippen LogP) is 2.44. The van der Waals surface area contributed by atoms with Crippen molar-refractivity contribution in [2.75, 3.05) is 21.2 Å². The largest absolute Gasteiger partial charge is 0.462 e. The highest BCUT2D eigenvalue weighted by Crippen LogP contribution is 2.37. The summed E-state index contributed by atoms with van der Waals surface area (Å²) in [5.41, 5.74) is -1.49. The van der Waals surface area contributed by atoms with Crippen LogP contribution in [0.1, 0.15) is 87.0 Å². The van der Waals surface area contributed by atoms with Crippen molar-refractivity contribution in [2.24, 2.45) is 17.8 Å². The molecule has 15 nitrogen and oxygen atoms in total. The molecule has 2 fully saturated rings. The average Bonchev–Trinajstić information content (AvgIpc) is 3.06. The summed E-state index contributed by atoms with van der Waals surface area (Å²) in [5, 5.41) is 45.8. The number of hydrogen-bond donors (Lipinski definition) is 4. The second-order valence-electron chi connectivity index (χ2n) is 16.4. The van der Waals surface area contributed by atoms with Crippen LogP contribution in [0.4, 0.5) is 0 Å². The fraction of sp³-hybridized carbons (Fsp3) is 0.825. The van der Waals surface area contributed by atoms with E-state index in [1.165, 1.54) is 7.11 Å². The molecule has 4 N–H and O–H groups in total. The number of carbonyl (C=O) groups excluding carboxylic acids is 3. The van der Waals surface area contributed by atoms with E-state index in [0.29, 0.717) is 6.42 Å². The highest BCUT2D eigenvalue weighted by Gasteiger charge is 2.52. The molecule has 15 heteroatoms. The van der Waals surface area contributed by atoms with E-state index in [1.54, 1.807) is 64.9 Å². The molecule has 0 bridgehead atoms. The smallest absolute Gasteiger partial charge is 0.308 e. The van der Waals surface area contributed by atoms with E-state index in [2.05, 4.69) is 0 Å². The summed E-state index contributed by atoms with van der Waals surface area (Å²) in [5.74, 6) is -2.03. The summed E-state index contributed by atoms with van der Waals surface area (Å²) in [6, 6.07) is -0.753. The van der Waals surface area contributed by atoms with Crippen molar-refractivity contribution in [3.05, 3.63) is 24.3 Å². The van der Waals surface area contributed by atoms with Crippen molar-refractivity contribution in [1.29, 1.82) is 0 Å². The third kappa shape index (κ3) is 13.4. The van der Waals surface area contributed by atoms with Crippen LogP contribution in [0.15, 0.2) is 24.3 Å². The lowest BCUT2D eigenvalue weighted by molar-refractivity contribution is -0.344. The molecular weight excluding hydrogens is 718 g/mol. The Morgan fingerprint density at radius 3 is 2.33 bits per heavy atom. The number of cyclic esters (lactones) is 1. The van der Waals surface area contributed by atoms with Crippen LogP contribution in [-0.2, 0) is 47.5 Å². The number of esters is 2. The zero-order chi connectivity index (χ0) is 41.2. The summed E-state index contributed by atoms with van der Waals surface area (Å²) in [6.45, 7) is 12.4. The first kappa shape index (κ1) is 47.1. The molecule has 0 aromatic carbocycles. The summed E-state index contributed by atoms with van der Waals surface area (Å²) >= 11 is 0. The molecule has 0 aliphatic carbocycles. The number of aldehydes is 1. The molecule has 16 atom stereocenters.